The Bertz CT molecular complexity index is 1410. The normalized spacial score (nSPS) is 22.3. The average molecular weight is 571 g/mol. The zero-order valence-electron chi connectivity index (χ0n) is 22.2. The van der Waals surface area contributed by atoms with E-state index < -0.39 is 0 Å². The van der Waals surface area contributed by atoms with Gasteiger partial charge in [0.1, 0.15) is 11.6 Å². The minimum absolute atomic E-state index is 0.142. The lowest BCUT2D eigenvalue weighted by Gasteiger charge is -2.35. The zero-order chi connectivity index (χ0) is 27.1. The van der Waals surface area contributed by atoms with Crippen molar-refractivity contribution in [3.8, 4) is 5.75 Å². The molecule has 9 nitrogen and oxygen atoms in total. The number of benzene rings is 1. The van der Waals surface area contributed by atoms with E-state index >= 15 is 0 Å². The van der Waals surface area contributed by atoms with E-state index in [9.17, 15) is 4.79 Å². The van der Waals surface area contributed by atoms with Crippen molar-refractivity contribution in [1.29, 1.82) is 0 Å². The van der Waals surface area contributed by atoms with Crippen molar-refractivity contribution in [1.82, 2.24) is 19.5 Å². The van der Waals surface area contributed by atoms with Crippen LogP contribution in [0.5, 0.6) is 5.75 Å². The number of aromatic nitrogens is 3. The maximum absolute atomic E-state index is 14.0. The smallest absolute Gasteiger partial charge is 0.258 e. The Kier molecular flexibility index (Phi) is 7.29. The summed E-state index contributed by atoms with van der Waals surface area (Å²) in [6.07, 6.45) is 5.41. The molecule has 39 heavy (non-hydrogen) atoms. The Hall–Kier alpha value is -3.04. The van der Waals surface area contributed by atoms with E-state index in [1.165, 1.54) is 0 Å². The summed E-state index contributed by atoms with van der Waals surface area (Å²) in [5.41, 5.74) is 2.01. The van der Waals surface area contributed by atoms with Crippen LogP contribution in [-0.2, 0) is 0 Å². The number of piperidine rings is 1. The number of nitrogens with zero attached hydrogens (tertiary/aromatic N) is 7. The summed E-state index contributed by atoms with van der Waals surface area (Å²) in [6, 6.07) is 7.48. The topological polar surface area (TPSA) is 78.6 Å². The third-order valence-electron chi connectivity index (χ3n) is 8.03. The van der Waals surface area contributed by atoms with Crippen LogP contribution in [-0.4, -0.2) is 78.0 Å². The molecule has 2 aromatic heterocycles. The average Bonchev–Trinajstić information content (AvgIpc) is 3.59. The van der Waals surface area contributed by atoms with Gasteiger partial charge in [-0.05, 0) is 57.4 Å². The summed E-state index contributed by atoms with van der Waals surface area (Å²) in [5.74, 6) is 2.15. The van der Waals surface area contributed by atoms with E-state index in [0.29, 0.717) is 34.5 Å². The van der Waals surface area contributed by atoms with Crippen LogP contribution in [0, 0.1) is 0 Å². The highest BCUT2D eigenvalue weighted by molar-refractivity contribution is 6.36. The molecule has 2 bridgehead atoms. The lowest BCUT2D eigenvalue weighted by molar-refractivity contribution is 0.0601. The van der Waals surface area contributed by atoms with E-state index in [1.807, 2.05) is 15.5 Å². The predicted octanol–water partition coefficient (Wildman–Crippen LogP) is 5.29. The summed E-state index contributed by atoms with van der Waals surface area (Å²) in [6.45, 7) is 7.33. The standard InChI is InChI=1S/C28H33Cl2N7O2/c1-31-19-8-11-35(17-19)24-16-26-34(2)9-5-6-12-39-27-20(13-18(29)14-21(27)30)28(38)36-10-4-3-7-23(36)22-15-25(32-24)37(26)33-22/h13-16,19,23H,1,3-12,17H2,2H3/t19-,23?/m0/s1. The first-order valence-corrected chi connectivity index (χ1v) is 14.4. The minimum Gasteiger partial charge on any atom is -0.491 e. The van der Waals surface area contributed by atoms with Crippen molar-refractivity contribution in [2.75, 3.05) is 49.6 Å². The molecule has 3 aliphatic rings. The van der Waals surface area contributed by atoms with Crippen LogP contribution >= 0.6 is 23.2 Å². The summed E-state index contributed by atoms with van der Waals surface area (Å²) in [5, 5.41) is 5.81. The minimum atomic E-state index is -0.188. The van der Waals surface area contributed by atoms with Crippen LogP contribution in [0.2, 0.25) is 10.0 Å². The Morgan fingerprint density at radius 2 is 1.90 bits per heavy atom. The molecule has 2 fully saturated rings. The molecule has 206 valence electrons. The van der Waals surface area contributed by atoms with Gasteiger partial charge in [-0.2, -0.15) is 9.61 Å². The van der Waals surface area contributed by atoms with E-state index in [-0.39, 0.29) is 18.0 Å². The summed E-state index contributed by atoms with van der Waals surface area (Å²) < 4.78 is 8.04. The third-order valence-corrected chi connectivity index (χ3v) is 8.53. The van der Waals surface area contributed by atoms with Gasteiger partial charge in [0.2, 0.25) is 0 Å². The number of amides is 1. The van der Waals surface area contributed by atoms with Crippen LogP contribution in [0.25, 0.3) is 5.65 Å². The number of fused-ring (bicyclic) bond motifs is 4. The molecule has 1 unspecified atom stereocenters. The zero-order valence-corrected chi connectivity index (χ0v) is 23.7. The van der Waals surface area contributed by atoms with E-state index in [1.54, 1.807) is 12.1 Å². The molecule has 0 aliphatic carbocycles. The second-order valence-electron chi connectivity index (χ2n) is 10.6. The number of ether oxygens (including phenoxy) is 1. The second kappa shape index (κ2) is 10.8. The number of hydrogen-bond donors (Lipinski definition) is 0. The molecule has 6 rings (SSSR count). The fraction of sp³-hybridized carbons (Fsp3) is 0.500. The first kappa shape index (κ1) is 26.2. The van der Waals surface area contributed by atoms with Crippen molar-refractivity contribution >= 4 is 53.1 Å². The number of anilines is 2. The number of aliphatic imine (C=N–C) groups is 1. The summed E-state index contributed by atoms with van der Waals surface area (Å²) in [4.78, 5) is 29.7. The Morgan fingerprint density at radius 1 is 1.05 bits per heavy atom. The number of halogens is 2. The van der Waals surface area contributed by atoms with Crippen LogP contribution < -0.4 is 14.5 Å². The molecule has 5 heterocycles. The fourth-order valence-corrected chi connectivity index (χ4v) is 6.45. The molecular weight excluding hydrogens is 537 g/mol. The highest BCUT2D eigenvalue weighted by Crippen LogP contribution is 2.38. The van der Waals surface area contributed by atoms with Gasteiger partial charge in [0, 0.05) is 50.4 Å². The summed E-state index contributed by atoms with van der Waals surface area (Å²) in [7, 11) is 2.08. The number of carbonyl (C=O) groups is 1. The van der Waals surface area contributed by atoms with Gasteiger partial charge in [0.05, 0.1) is 35.0 Å². The molecule has 0 saturated carbocycles. The Balaban J connectivity index is 1.46. The molecule has 3 aromatic rings. The first-order valence-electron chi connectivity index (χ1n) is 13.7. The number of rotatable bonds is 2. The molecule has 3 aliphatic heterocycles. The third kappa shape index (κ3) is 5.02. The van der Waals surface area contributed by atoms with Crippen LogP contribution in [0.4, 0.5) is 11.6 Å². The predicted molar refractivity (Wildman–Crippen MR) is 155 cm³/mol. The molecule has 2 saturated heterocycles. The highest BCUT2D eigenvalue weighted by atomic mass is 35.5. The van der Waals surface area contributed by atoms with Gasteiger partial charge in [0.15, 0.2) is 11.4 Å². The molecular formula is C28H33Cl2N7O2. The van der Waals surface area contributed by atoms with Gasteiger partial charge in [-0.1, -0.05) is 23.2 Å². The second-order valence-corrected chi connectivity index (χ2v) is 11.5. The quantitative estimate of drug-likeness (QED) is 0.390. The fourth-order valence-electron chi connectivity index (χ4n) is 5.90. The monoisotopic (exact) mass is 569 g/mol. The van der Waals surface area contributed by atoms with Gasteiger partial charge in [-0.15, -0.1) is 0 Å². The molecule has 0 spiro atoms. The molecule has 2 atom stereocenters. The maximum atomic E-state index is 14.0. The van der Waals surface area contributed by atoms with Crippen LogP contribution in [0.15, 0.2) is 29.3 Å². The SMILES string of the molecule is C=N[C@H]1CCN(c2cc3n4nc(cc4n2)C2CCCCN2C(=O)c2cc(Cl)cc(Cl)c2OCCCCN3C)C1. The van der Waals surface area contributed by atoms with Gasteiger partial charge >= 0.3 is 0 Å². The lowest BCUT2D eigenvalue weighted by Crippen LogP contribution is -2.39. The van der Waals surface area contributed by atoms with E-state index in [2.05, 4.69) is 34.6 Å². The van der Waals surface area contributed by atoms with E-state index in [4.69, 9.17) is 38.0 Å². The lowest BCUT2D eigenvalue weighted by atomic mass is 9.98. The van der Waals surface area contributed by atoms with Crippen molar-refractivity contribution in [2.24, 2.45) is 4.99 Å². The van der Waals surface area contributed by atoms with Crippen LogP contribution in [0.1, 0.15) is 60.6 Å². The van der Waals surface area contributed by atoms with Crippen molar-refractivity contribution < 1.29 is 9.53 Å². The number of hydrogen-bond acceptors (Lipinski definition) is 7. The Labute approximate surface area is 238 Å². The van der Waals surface area contributed by atoms with Gasteiger partial charge in [0.25, 0.3) is 5.91 Å². The molecule has 0 radical (unpaired) electrons. The maximum Gasteiger partial charge on any atom is 0.258 e. The molecule has 11 heteroatoms. The molecule has 0 N–H and O–H groups in total. The number of carbonyl (C=O) groups excluding carboxylic acids is 1. The first-order chi connectivity index (χ1) is 18.9. The van der Waals surface area contributed by atoms with Crippen molar-refractivity contribution in [2.45, 2.75) is 50.6 Å². The van der Waals surface area contributed by atoms with E-state index in [0.717, 1.165) is 81.1 Å². The van der Waals surface area contributed by atoms with Crippen molar-refractivity contribution in [3.05, 3.63) is 45.6 Å². The molecule has 1 amide bonds. The molecule has 1 aromatic carbocycles. The van der Waals surface area contributed by atoms with Gasteiger partial charge < -0.3 is 19.4 Å². The largest absolute Gasteiger partial charge is 0.491 e. The Morgan fingerprint density at radius 3 is 2.72 bits per heavy atom. The highest BCUT2D eigenvalue weighted by Gasteiger charge is 2.34. The van der Waals surface area contributed by atoms with Crippen molar-refractivity contribution in [3.63, 3.8) is 0 Å². The van der Waals surface area contributed by atoms with Gasteiger partial charge in [-0.3, -0.25) is 9.79 Å². The summed E-state index contributed by atoms with van der Waals surface area (Å²) >= 11 is 12.9. The van der Waals surface area contributed by atoms with Crippen LogP contribution in [0.3, 0.4) is 0 Å². The van der Waals surface area contributed by atoms with Gasteiger partial charge in [-0.25, -0.2) is 4.98 Å².